The normalized spacial score (nSPS) is 17.0. The number of aromatic nitrogens is 4. The van der Waals surface area contributed by atoms with Crippen LogP contribution in [0.15, 0.2) is 36.5 Å². The van der Waals surface area contributed by atoms with Crippen molar-refractivity contribution in [2.24, 2.45) is 0 Å². The lowest BCUT2D eigenvalue weighted by atomic mass is 10.0. The Kier molecular flexibility index (Phi) is 9.02. The van der Waals surface area contributed by atoms with E-state index < -0.39 is 48.7 Å². The first kappa shape index (κ1) is 32.9. The summed E-state index contributed by atoms with van der Waals surface area (Å²) in [6.45, 7) is -0.305. The van der Waals surface area contributed by atoms with E-state index in [9.17, 15) is 35.5 Å². The van der Waals surface area contributed by atoms with Crippen molar-refractivity contribution < 1.29 is 45.0 Å². The number of imidazole rings is 1. The zero-order chi connectivity index (χ0) is 33.5. The molecule has 0 radical (unpaired) electrons. The number of carbonyl (C=O) groups is 1. The molecule has 9 nitrogen and oxygen atoms in total. The Morgan fingerprint density at radius 3 is 2.60 bits per heavy atom. The van der Waals surface area contributed by atoms with Gasteiger partial charge in [0.2, 0.25) is 5.88 Å². The van der Waals surface area contributed by atoms with Crippen LogP contribution in [-0.2, 0) is 43.6 Å². The standard InChI is InChI=1S/C30H26ClF7N6O3/c31-19-2-1-17(22(32)9-19)14-47-28-21(30(36,37)38)7-16-3-5-43(12-24(16)42-28)13-25-41-23-8-18(27(45)40-15-29(33,34)35)10-39-26(23)44(25)11-20-4-6-46-20/h1-2,7-10,20H,3-6,11-15H2,(H,40,45)/t20-/m0/s1. The molecule has 1 atom stereocenters. The number of hydrogen-bond acceptors (Lipinski definition) is 7. The second kappa shape index (κ2) is 12.9. The topological polar surface area (TPSA) is 94.4 Å². The van der Waals surface area contributed by atoms with E-state index in [0.29, 0.717) is 42.4 Å². The molecule has 0 aliphatic carbocycles. The van der Waals surface area contributed by atoms with Crippen LogP contribution in [0.4, 0.5) is 30.7 Å². The monoisotopic (exact) mass is 686 g/mol. The van der Waals surface area contributed by atoms with E-state index in [2.05, 4.69) is 15.0 Å². The smallest absolute Gasteiger partial charge is 0.421 e. The molecule has 1 N–H and O–H groups in total. The predicted molar refractivity (Wildman–Crippen MR) is 153 cm³/mol. The van der Waals surface area contributed by atoms with E-state index in [0.717, 1.165) is 18.6 Å². The van der Waals surface area contributed by atoms with Gasteiger partial charge in [-0.05, 0) is 42.7 Å². The molecule has 1 saturated heterocycles. The number of pyridine rings is 2. The van der Waals surface area contributed by atoms with Gasteiger partial charge in [-0.1, -0.05) is 17.7 Å². The first-order valence-corrected chi connectivity index (χ1v) is 14.8. The van der Waals surface area contributed by atoms with Gasteiger partial charge in [-0.25, -0.2) is 19.3 Å². The van der Waals surface area contributed by atoms with Crippen molar-refractivity contribution in [1.82, 2.24) is 29.7 Å². The molecule has 250 valence electrons. The van der Waals surface area contributed by atoms with Gasteiger partial charge < -0.3 is 19.4 Å². The maximum absolute atomic E-state index is 14.3. The Bertz CT molecular complexity index is 1810. The summed E-state index contributed by atoms with van der Waals surface area (Å²) >= 11 is 5.77. The number of amides is 1. The Hall–Kier alpha value is -4.02. The molecule has 0 saturated carbocycles. The van der Waals surface area contributed by atoms with Crippen molar-refractivity contribution in [3.63, 3.8) is 0 Å². The molecule has 17 heteroatoms. The second-order valence-corrected chi connectivity index (χ2v) is 11.7. The number of benzene rings is 1. The first-order valence-electron chi connectivity index (χ1n) is 14.4. The van der Waals surface area contributed by atoms with Crippen molar-refractivity contribution in [2.75, 3.05) is 19.7 Å². The van der Waals surface area contributed by atoms with Gasteiger partial charge in [0.1, 0.15) is 35.9 Å². The van der Waals surface area contributed by atoms with Crippen molar-refractivity contribution in [3.05, 3.63) is 81.1 Å². The number of nitrogens with one attached hydrogen (secondary N) is 1. The SMILES string of the molecule is O=C(NCC(F)(F)F)c1cnc2c(c1)nc(CN1CCc3cc(C(F)(F)F)c(OCc4ccc(Cl)cc4F)nc3C1)n2C[C@@H]1CCO1. The Balaban J connectivity index is 1.25. The highest BCUT2D eigenvalue weighted by Gasteiger charge is 2.37. The highest BCUT2D eigenvalue weighted by atomic mass is 35.5. The molecular formula is C30H26ClF7N6O3. The van der Waals surface area contributed by atoms with Crippen LogP contribution in [0.3, 0.4) is 0 Å². The van der Waals surface area contributed by atoms with Gasteiger partial charge in [0, 0.05) is 36.5 Å². The largest absolute Gasteiger partial charge is 0.472 e. The van der Waals surface area contributed by atoms with Gasteiger partial charge in [0.25, 0.3) is 5.91 Å². The Morgan fingerprint density at radius 1 is 1.13 bits per heavy atom. The maximum Gasteiger partial charge on any atom is 0.421 e. The highest BCUT2D eigenvalue weighted by Crippen LogP contribution is 2.38. The molecule has 3 aromatic heterocycles. The lowest BCUT2D eigenvalue weighted by Gasteiger charge is -2.30. The van der Waals surface area contributed by atoms with Gasteiger partial charge in [-0.2, -0.15) is 26.3 Å². The van der Waals surface area contributed by atoms with Crippen LogP contribution in [0.1, 0.15) is 45.0 Å². The van der Waals surface area contributed by atoms with Crippen LogP contribution < -0.4 is 10.1 Å². The minimum absolute atomic E-state index is 0.00705. The molecule has 0 bridgehead atoms. The van der Waals surface area contributed by atoms with Crippen LogP contribution in [0, 0.1) is 5.82 Å². The van der Waals surface area contributed by atoms with Crippen LogP contribution in [0.2, 0.25) is 5.02 Å². The lowest BCUT2D eigenvalue weighted by molar-refractivity contribution is -0.139. The first-order chi connectivity index (χ1) is 22.2. The molecule has 5 heterocycles. The molecule has 2 aliphatic heterocycles. The third-order valence-corrected chi connectivity index (χ3v) is 8.07. The third kappa shape index (κ3) is 7.60. The summed E-state index contributed by atoms with van der Waals surface area (Å²) in [5.74, 6) is -1.85. The van der Waals surface area contributed by atoms with Crippen molar-refractivity contribution in [2.45, 2.75) is 57.5 Å². The zero-order valence-corrected chi connectivity index (χ0v) is 25.1. The van der Waals surface area contributed by atoms with E-state index in [-0.39, 0.29) is 47.3 Å². The predicted octanol–water partition coefficient (Wildman–Crippen LogP) is 5.86. The van der Waals surface area contributed by atoms with Gasteiger partial charge in [0.05, 0.1) is 30.5 Å². The lowest BCUT2D eigenvalue weighted by Crippen LogP contribution is -2.35. The summed E-state index contributed by atoms with van der Waals surface area (Å²) < 4.78 is 107. The number of carbonyl (C=O) groups excluding carboxylic acids is 1. The number of rotatable bonds is 9. The minimum atomic E-state index is -4.77. The molecule has 47 heavy (non-hydrogen) atoms. The number of nitrogens with zero attached hydrogens (tertiary/aromatic N) is 5. The van der Waals surface area contributed by atoms with Gasteiger partial charge in [-0.3, -0.25) is 9.69 Å². The van der Waals surface area contributed by atoms with Crippen molar-refractivity contribution in [3.8, 4) is 5.88 Å². The minimum Gasteiger partial charge on any atom is -0.472 e. The van der Waals surface area contributed by atoms with Crippen LogP contribution in [0.5, 0.6) is 5.88 Å². The molecular weight excluding hydrogens is 661 g/mol. The van der Waals surface area contributed by atoms with E-state index in [1.54, 1.807) is 0 Å². The Morgan fingerprint density at radius 2 is 1.91 bits per heavy atom. The Labute approximate surface area is 267 Å². The second-order valence-electron chi connectivity index (χ2n) is 11.2. The molecule has 0 unspecified atom stereocenters. The molecule has 1 aromatic carbocycles. The van der Waals surface area contributed by atoms with Gasteiger partial charge >= 0.3 is 12.4 Å². The van der Waals surface area contributed by atoms with Crippen LogP contribution >= 0.6 is 11.6 Å². The summed E-state index contributed by atoms with van der Waals surface area (Å²) in [6, 6.07) is 6.11. The zero-order valence-electron chi connectivity index (χ0n) is 24.4. The molecule has 4 aromatic rings. The van der Waals surface area contributed by atoms with E-state index in [1.165, 1.54) is 24.4 Å². The summed E-state index contributed by atoms with van der Waals surface area (Å²) in [5.41, 5.74) is 0.275. The average Bonchev–Trinajstić information content (AvgIpc) is 3.31. The number of halogens is 8. The fourth-order valence-corrected chi connectivity index (χ4v) is 5.50. The van der Waals surface area contributed by atoms with Crippen LogP contribution in [-0.4, -0.2) is 62.3 Å². The van der Waals surface area contributed by atoms with Gasteiger partial charge in [0.15, 0.2) is 5.65 Å². The summed E-state index contributed by atoms with van der Waals surface area (Å²) in [6.07, 6.45) is -7.25. The summed E-state index contributed by atoms with van der Waals surface area (Å²) in [5, 5.41) is 1.94. The third-order valence-electron chi connectivity index (χ3n) is 7.83. The van der Waals surface area contributed by atoms with Crippen molar-refractivity contribution in [1.29, 1.82) is 0 Å². The molecule has 1 fully saturated rings. The average molecular weight is 687 g/mol. The van der Waals surface area contributed by atoms with Crippen molar-refractivity contribution >= 4 is 28.7 Å². The molecule has 2 aliphatic rings. The maximum atomic E-state index is 14.3. The fourth-order valence-electron chi connectivity index (χ4n) is 5.34. The number of ether oxygens (including phenoxy) is 2. The van der Waals surface area contributed by atoms with Gasteiger partial charge in [-0.15, -0.1) is 0 Å². The van der Waals surface area contributed by atoms with Crippen LogP contribution in [0.25, 0.3) is 11.2 Å². The number of alkyl halides is 6. The summed E-state index contributed by atoms with van der Waals surface area (Å²) in [4.78, 5) is 27.4. The number of fused-ring (bicyclic) bond motifs is 2. The number of hydrogen-bond donors (Lipinski definition) is 1. The molecule has 1 amide bonds. The van der Waals surface area contributed by atoms with E-state index >= 15 is 0 Å². The van der Waals surface area contributed by atoms with E-state index in [1.807, 2.05) is 14.8 Å². The molecule has 6 rings (SSSR count). The molecule has 0 spiro atoms. The summed E-state index contributed by atoms with van der Waals surface area (Å²) in [7, 11) is 0. The van der Waals surface area contributed by atoms with E-state index in [4.69, 9.17) is 21.1 Å². The highest BCUT2D eigenvalue weighted by molar-refractivity contribution is 6.30. The fraction of sp³-hybridized carbons (Fsp3) is 0.400. The quantitative estimate of drug-likeness (QED) is 0.221.